The van der Waals surface area contributed by atoms with E-state index in [1.807, 2.05) is 30.3 Å². The molecule has 1 saturated heterocycles. The molecule has 1 atom stereocenters. The Bertz CT molecular complexity index is 341. The lowest BCUT2D eigenvalue weighted by Crippen LogP contribution is -2.25. The molecule has 1 unspecified atom stereocenters. The number of likely N-dealkylation sites (tertiary alicyclic amines) is 1. The third kappa shape index (κ3) is 2.74. The lowest BCUT2D eigenvalue weighted by Gasteiger charge is -2.14. The van der Waals surface area contributed by atoms with Crippen molar-refractivity contribution in [1.29, 1.82) is 0 Å². The van der Waals surface area contributed by atoms with Gasteiger partial charge < -0.3 is 4.74 Å². The van der Waals surface area contributed by atoms with Crippen molar-refractivity contribution in [2.24, 2.45) is 0 Å². The monoisotopic (exact) mass is 201 g/mol. The molecule has 1 aliphatic heterocycles. The van der Waals surface area contributed by atoms with Crippen LogP contribution >= 0.6 is 0 Å². The second kappa shape index (κ2) is 4.86. The molecule has 2 rings (SSSR count). The van der Waals surface area contributed by atoms with Gasteiger partial charge in [0.05, 0.1) is 6.54 Å². The molecule has 0 aromatic heterocycles. The van der Waals surface area contributed by atoms with Crippen molar-refractivity contribution in [1.82, 2.24) is 4.90 Å². The third-order valence-electron chi connectivity index (χ3n) is 2.59. The fourth-order valence-electron chi connectivity index (χ4n) is 1.86. The molecular formula is C13H15NO. The van der Waals surface area contributed by atoms with Crippen molar-refractivity contribution in [3.63, 3.8) is 0 Å². The van der Waals surface area contributed by atoms with E-state index in [0.29, 0.717) is 6.10 Å². The predicted octanol–water partition coefficient (Wildman–Crippen LogP) is 1.77. The molecule has 1 fully saturated rings. The van der Waals surface area contributed by atoms with Gasteiger partial charge in [0.2, 0.25) is 0 Å². The Kier molecular flexibility index (Phi) is 3.26. The molecule has 0 spiro atoms. The van der Waals surface area contributed by atoms with Gasteiger partial charge in [0.15, 0.2) is 0 Å². The van der Waals surface area contributed by atoms with Crippen molar-refractivity contribution >= 4 is 0 Å². The van der Waals surface area contributed by atoms with Crippen molar-refractivity contribution in [3.8, 4) is 18.1 Å². The summed E-state index contributed by atoms with van der Waals surface area (Å²) in [6.07, 6.45) is 6.63. The quantitative estimate of drug-likeness (QED) is 0.691. The maximum atomic E-state index is 5.84. The highest BCUT2D eigenvalue weighted by molar-refractivity contribution is 5.21. The third-order valence-corrected chi connectivity index (χ3v) is 2.59. The van der Waals surface area contributed by atoms with E-state index >= 15 is 0 Å². The zero-order chi connectivity index (χ0) is 10.5. The molecule has 1 heterocycles. The number of benzene rings is 1. The molecular weight excluding hydrogens is 186 g/mol. The van der Waals surface area contributed by atoms with Gasteiger partial charge in [-0.3, -0.25) is 4.90 Å². The number of para-hydroxylation sites is 1. The van der Waals surface area contributed by atoms with E-state index in [9.17, 15) is 0 Å². The Morgan fingerprint density at radius 3 is 2.93 bits per heavy atom. The van der Waals surface area contributed by atoms with E-state index in [1.54, 1.807) is 0 Å². The molecule has 78 valence electrons. The molecule has 2 heteroatoms. The summed E-state index contributed by atoms with van der Waals surface area (Å²) in [5.74, 6) is 3.61. The van der Waals surface area contributed by atoms with Crippen LogP contribution in [0.2, 0.25) is 0 Å². The second-order valence-electron chi connectivity index (χ2n) is 3.78. The first-order valence-electron chi connectivity index (χ1n) is 5.26. The van der Waals surface area contributed by atoms with Crippen molar-refractivity contribution < 1.29 is 4.74 Å². The van der Waals surface area contributed by atoms with Crippen LogP contribution in [0.3, 0.4) is 0 Å². The first kappa shape index (κ1) is 10.1. The highest BCUT2D eigenvalue weighted by Gasteiger charge is 2.22. The minimum absolute atomic E-state index is 0.292. The molecule has 1 aromatic rings. The first-order chi connectivity index (χ1) is 7.38. The molecule has 15 heavy (non-hydrogen) atoms. The van der Waals surface area contributed by atoms with Crippen LogP contribution in [0.15, 0.2) is 30.3 Å². The van der Waals surface area contributed by atoms with Crippen LogP contribution < -0.4 is 4.74 Å². The number of hydrogen-bond donors (Lipinski definition) is 0. The smallest absolute Gasteiger partial charge is 0.119 e. The van der Waals surface area contributed by atoms with E-state index in [2.05, 4.69) is 10.8 Å². The van der Waals surface area contributed by atoms with Gasteiger partial charge in [-0.15, -0.1) is 6.42 Å². The highest BCUT2D eigenvalue weighted by Crippen LogP contribution is 2.17. The van der Waals surface area contributed by atoms with Gasteiger partial charge >= 0.3 is 0 Å². The average molecular weight is 201 g/mol. The lowest BCUT2D eigenvalue weighted by atomic mass is 10.3. The predicted molar refractivity (Wildman–Crippen MR) is 60.7 cm³/mol. The maximum absolute atomic E-state index is 5.84. The maximum Gasteiger partial charge on any atom is 0.119 e. The normalized spacial score (nSPS) is 21.1. The average Bonchev–Trinajstić information content (AvgIpc) is 2.68. The Morgan fingerprint density at radius 1 is 1.40 bits per heavy atom. The van der Waals surface area contributed by atoms with Gasteiger partial charge in [-0.1, -0.05) is 24.1 Å². The summed E-state index contributed by atoms with van der Waals surface area (Å²) >= 11 is 0. The molecule has 0 bridgehead atoms. The van der Waals surface area contributed by atoms with Gasteiger partial charge in [0.1, 0.15) is 11.9 Å². The standard InChI is InChI=1S/C13H15NO/c1-2-9-14-10-8-13(11-14)15-12-6-4-3-5-7-12/h1,3-7,13H,8-11H2. The molecule has 0 saturated carbocycles. The van der Waals surface area contributed by atoms with E-state index in [0.717, 1.165) is 31.8 Å². The van der Waals surface area contributed by atoms with Crippen molar-refractivity contribution in [2.45, 2.75) is 12.5 Å². The van der Waals surface area contributed by atoms with Gasteiger partial charge in [0.25, 0.3) is 0 Å². The summed E-state index contributed by atoms with van der Waals surface area (Å²) in [6.45, 7) is 2.72. The number of terminal acetylenes is 1. The molecule has 0 radical (unpaired) electrons. The molecule has 0 aliphatic carbocycles. The van der Waals surface area contributed by atoms with Crippen LogP contribution in [-0.2, 0) is 0 Å². The summed E-state index contributed by atoms with van der Waals surface area (Å²) in [6, 6.07) is 9.95. The van der Waals surface area contributed by atoms with Crippen LogP contribution in [0.25, 0.3) is 0 Å². The van der Waals surface area contributed by atoms with E-state index < -0.39 is 0 Å². The zero-order valence-corrected chi connectivity index (χ0v) is 8.73. The minimum atomic E-state index is 0.292. The van der Waals surface area contributed by atoms with E-state index in [-0.39, 0.29) is 0 Å². The summed E-state index contributed by atoms with van der Waals surface area (Å²) in [4.78, 5) is 2.24. The van der Waals surface area contributed by atoms with Crippen LogP contribution in [-0.4, -0.2) is 30.6 Å². The van der Waals surface area contributed by atoms with Crippen molar-refractivity contribution in [3.05, 3.63) is 30.3 Å². The van der Waals surface area contributed by atoms with E-state index in [1.165, 1.54) is 0 Å². The Morgan fingerprint density at radius 2 is 2.20 bits per heavy atom. The van der Waals surface area contributed by atoms with E-state index in [4.69, 9.17) is 11.2 Å². The number of hydrogen-bond acceptors (Lipinski definition) is 2. The van der Waals surface area contributed by atoms with Gasteiger partial charge in [0, 0.05) is 13.1 Å². The fraction of sp³-hybridized carbons (Fsp3) is 0.385. The van der Waals surface area contributed by atoms with Gasteiger partial charge in [-0.25, -0.2) is 0 Å². The van der Waals surface area contributed by atoms with Gasteiger partial charge in [-0.2, -0.15) is 0 Å². The molecule has 1 aliphatic rings. The summed E-state index contributed by atoms with van der Waals surface area (Å²) in [7, 11) is 0. The second-order valence-corrected chi connectivity index (χ2v) is 3.78. The van der Waals surface area contributed by atoms with Crippen molar-refractivity contribution in [2.75, 3.05) is 19.6 Å². The summed E-state index contributed by atoms with van der Waals surface area (Å²) < 4.78 is 5.84. The SMILES string of the molecule is C#CCN1CCC(Oc2ccccc2)C1. The largest absolute Gasteiger partial charge is 0.489 e. The zero-order valence-electron chi connectivity index (χ0n) is 8.73. The van der Waals surface area contributed by atoms with Crippen LogP contribution in [0.5, 0.6) is 5.75 Å². The molecule has 0 N–H and O–H groups in total. The Balaban J connectivity index is 1.85. The molecule has 1 aromatic carbocycles. The minimum Gasteiger partial charge on any atom is -0.489 e. The van der Waals surface area contributed by atoms with Crippen LogP contribution in [0.4, 0.5) is 0 Å². The topological polar surface area (TPSA) is 12.5 Å². The first-order valence-corrected chi connectivity index (χ1v) is 5.26. The Hall–Kier alpha value is -1.46. The van der Waals surface area contributed by atoms with Gasteiger partial charge in [-0.05, 0) is 18.6 Å². The van der Waals surface area contributed by atoms with Crippen LogP contribution in [0.1, 0.15) is 6.42 Å². The lowest BCUT2D eigenvalue weighted by molar-refractivity contribution is 0.205. The Labute approximate surface area is 90.9 Å². The molecule has 2 nitrogen and oxygen atoms in total. The summed E-state index contributed by atoms with van der Waals surface area (Å²) in [5.41, 5.74) is 0. The fourth-order valence-corrected chi connectivity index (χ4v) is 1.86. The molecule has 0 amide bonds. The summed E-state index contributed by atoms with van der Waals surface area (Å²) in [5, 5.41) is 0. The number of nitrogens with zero attached hydrogens (tertiary/aromatic N) is 1. The highest BCUT2D eigenvalue weighted by atomic mass is 16.5. The van der Waals surface area contributed by atoms with Crippen LogP contribution in [0, 0.1) is 12.3 Å². The number of ether oxygens (including phenoxy) is 1. The number of rotatable bonds is 3.